The highest BCUT2D eigenvalue weighted by molar-refractivity contribution is 5.53. The number of benzene rings is 1. The number of hydrogen-bond donors (Lipinski definition) is 2. The molecule has 2 rings (SSSR count). The van der Waals surface area contributed by atoms with Gasteiger partial charge >= 0.3 is 6.01 Å². The Hall–Kier alpha value is -2.02. The topological polar surface area (TPSA) is 63.0 Å². The summed E-state index contributed by atoms with van der Waals surface area (Å²) in [5.41, 5.74) is 0.197. The standard InChI is InChI=1S/C12H14F2N4O/c1-3-15-6-11-17-18-12(19-11)16-10-5-8(13)7(2)4-9(10)14/h4-5,15H,3,6H2,1-2H3,(H,16,18). The van der Waals surface area contributed by atoms with E-state index in [9.17, 15) is 8.78 Å². The van der Waals surface area contributed by atoms with Crippen molar-refractivity contribution in [2.24, 2.45) is 0 Å². The van der Waals surface area contributed by atoms with Crippen molar-refractivity contribution in [2.75, 3.05) is 11.9 Å². The Balaban J connectivity index is 2.12. The summed E-state index contributed by atoms with van der Waals surface area (Å²) in [7, 11) is 0. The van der Waals surface area contributed by atoms with Crippen molar-refractivity contribution >= 4 is 11.7 Å². The highest BCUT2D eigenvalue weighted by Gasteiger charge is 2.11. The van der Waals surface area contributed by atoms with Crippen LogP contribution in [0.4, 0.5) is 20.5 Å². The van der Waals surface area contributed by atoms with E-state index in [4.69, 9.17) is 4.42 Å². The molecule has 5 nitrogen and oxygen atoms in total. The number of nitrogens with zero attached hydrogens (tertiary/aromatic N) is 2. The first kappa shape index (κ1) is 13.4. The van der Waals surface area contributed by atoms with E-state index in [0.29, 0.717) is 12.4 Å². The minimum absolute atomic E-state index is 0.0232. The van der Waals surface area contributed by atoms with Crippen molar-refractivity contribution in [3.05, 3.63) is 35.2 Å². The maximum absolute atomic E-state index is 13.6. The van der Waals surface area contributed by atoms with Crippen LogP contribution >= 0.6 is 0 Å². The van der Waals surface area contributed by atoms with Gasteiger partial charge in [-0.25, -0.2) is 8.78 Å². The molecule has 1 aromatic carbocycles. The normalized spacial score (nSPS) is 10.7. The van der Waals surface area contributed by atoms with E-state index in [1.54, 1.807) is 0 Å². The fourth-order valence-corrected chi connectivity index (χ4v) is 1.46. The Kier molecular flexibility index (Phi) is 4.06. The van der Waals surface area contributed by atoms with Crippen molar-refractivity contribution < 1.29 is 13.2 Å². The fourth-order valence-electron chi connectivity index (χ4n) is 1.46. The fraction of sp³-hybridized carbons (Fsp3) is 0.333. The highest BCUT2D eigenvalue weighted by Crippen LogP contribution is 2.22. The van der Waals surface area contributed by atoms with Crippen LogP contribution in [0.2, 0.25) is 0 Å². The number of aryl methyl sites for hydroxylation is 1. The lowest BCUT2D eigenvalue weighted by Gasteiger charge is -2.05. The van der Waals surface area contributed by atoms with E-state index in [2.05, 4.69) is 20.8 Å². The lowest BCUT2D eigenvalue weighted by molar-refractivity contribution is 0.483. The van der Waals surface area contributed by atoms with Crippen LogP contribution < -0.4 is 10.6 Å². The smallest absolute Gasteiger partial charge is 0.320 e. The molecule has 0 radical (unpaired) electrons. The van der Waals surface area contributed by atoms with E-state index in [-0.39, 0.29) is 17.3 Å². The Morgan fingerprint density at radius 3 is 2.74 bits per heavy atom. The maximum Gasteiger partial charge on any atom is 0.320 e. The minimum atomic E-state index is -0.578. The third kappa shape index (κ3) is 3.25. The molecule has 2 aromatic rings. The van der Waals surface area contributed by atoms with Crippen molar-refractivity contribution in [3.63, 3.8) is 0 Å². The Bertz CT molecular complexity index is 571. The number of nitrogens with one attached hydrogen (secondary N) is 2. The van der Waals surface area contributed by atoms with Gasteiger partial charge in [0.25, 0.3) is 0 Å². The molecule has 1 heterocycles. The summed E-state index contributed by atoms with van der Waals surface area (Å²) in [6.45, 7) is 4.63. The van der Waals surface area contributed by atoms with Crippen LogP contribution in [0, 0.1) is 18.6 Å². The largest absolute Gasteiger partial charge is 0.406 e. The second kappa shape index (κ2) is 5.75. The zero-order valence-electron chi connectivity index (χ0n) is 10.6. The van der Waals surface area contributed by atoms with Gasteiger partial charge in [-0.2, -0.15) is 0 Å². The summed E-state index contributed by atoms with van der Waals surface area (Å²) in [5, 5.41) is 13.0. The summed E-state index contributed by atoms with van der Waals surface area (Å²) in [4.78, 5) is 0. The van der Waals surface area contributed by atoms with Crippen LogP contribution in [0.1, 0.15) is 18.4 Å². The Labute approximate surface area is 109 Å². The van der Waals surface area contributed by atoms with E-state index in [1.807, 2.05) is 6.92 Å². The summed E-state index contributed by atoms with van der Waals surface area (Å²) in [6.07, 6.45) is 0. The molecule has 0 aliphatic carbocycles. The molecule has 2 N–H and O–H groups in total. The number of aromatic nitrogens is 2. The third-order valence-corrected chi connectivity index (χ3v) is 2.48. The lowest BCUT2D eigenvalue weighted by atomic mass is 10.2. The molecular weight excluding hydrogens is 254 g/mol. The van der Waals surface area contributed by atoms with Gasteiger partial charge < -0.3 is 15.1 Å². The monoisotopic (exact) mass is 268 g/mol. The van der Waals surface area contributed by atoms with Crippen LogP contribution in [0.5, 0.6) is 0 Å². The van der Waals surface area contributed by atoms with Gasteiger partial charge in [0.1, 0.15) is 11.6 Å². The van der Waals surface area contributed by atoms with Crippen molar-refractivity contribution in [2.45, 2.75) is 20.4 Å². The first-order valence-corrected chi connectivity index (χ1v) is 5.86. The molecular formula is C12H14F2N4O. The maximum atomic E-state index is 13.6. The van der Waals surface area contributed by atoms with Gasteiger partial charge in [0.05, 0.1) is 12.2 Å². The minimum Gasteiger partial charge on any atom is -0.406 e. The van der Waals surface area contributed by atoms with E-state index in [1.165, 1.54) is 6.92 Å². The summed E-state index contributed by atoms with van der Waals surface area (Å²) in [6, 6.07) is 2.18. The summed E-state index contributed by atoms with van der Waals surface area (Å²) >= 11 is 0. The number of halogens is 2. The van der Waals surface area contributed by atoms with Gasteiger partial charge in [-0.3, -0.25) is 0 Å². The van der Waals surface area contributed by atoms with Gasteiger partial charge in [-0.1, -0.05) is 12.0 Å². The van der Waals surface area contributed by atoms with Crippen molar-refractivity contribution in [3.8, 4) is 0 Å². The second-order valence-corrected chi connectivity index (χ2v) is 3.99. The van der Waals surface area contributed by atoms with Crippen LogP contribution in [-0.4, -0.2) is 16.7 Å². The van der Waals surface area contributed by atoms with Crippen molar-refractivity contribution in [1.82, 2.24) is 15.5 Å². The third-order valence-electron chi connectivity index (χ3n) is 2.48. The van der Waals surface area contributed by atoms with Crippen LogP contribution in [-0.2, 0) is 6.54 Å². The molecule has 7 heteroatoms. The number of anilines is 2. The first-order chi connectivity index (χ1) is 9.10. The van der Waals surface area contributed by atoms with Gasteiger partial charge in [0.2, 0.25) is 5.89 Å². The molecule has 0 atom stereocenters. The molecule has 0 unspecified atom stereocenters. The van der Waals surface area contributed by atoms with Gasteiger partial charge in [0, 0.05) is 6.07 Å². The molecule has 0 amide bonds. The Morgan fingerprint density at radius 2 is 2.00 bits per heavy atom. The lowest BCUT2D eigenvalue weighted by Crippen LogP contribution is -2.11. The SMILES string of the molecule is CCNCc1nnc(Nc2cc(F)c(C)cc2F)o1. The first-order valence-electron chi connectivity index (χ1n) is 5.86. The summed E-state index contributed by atoms with van der Waals surface area (Å²) < 4.78 is 32.2. The zero-order valence-corrected chi connectivity index (χ0v) is 10.6. The molecule has 0 fully saturated rings. The average Bonchev–Trinajstić information content (AvgIpc) is 2.81. The number of rotatable bonds is 5. The molecule has 0 bridgehead atoms. The Morgan fingerprint density at radius 1 is 1.21 bits per heavy atom. The quantitative estimate of drug-likeness (QED) is 0.872. The number of hydrogen-bond acceptors (Lipinski definition) is 5. The van der Waals surface area contributed by atoms with Crippen LogP contribution in [0.25, 0.3) is 0 Å². The van der Waals surface area contributed by atoms with E-state index < -0.39 is 11.6 Å². The van der Waals surface area contributed by atoms with E-state index in [0.717, 1.165) is 18.7 Å². The molecule has 1 aromatic heterocycles. The van der Waals surface area contributed by atoms with E-state index >= 15 is 0 Å². The molecule has 0 aliphatic rings. The van der Waals surface area contributed by atoms with Crippen LogP contribution in [0.15, 0.2) is 16.5 Å². The average molecular weight is 268 g/mol. The predicted octanol–water partition coefficient (Wildman–Crippen LogP) is 2.51. The molecule has 0 aliphatic heterocycles. The van der Waals surface area contributed by atoms with Gasteiger partial charge in [-0.15, -0.1) is 5.10 Å². The highest BCUT2D eigenvalue weighted by atomic mass is 19.1. The van der Waals surface area contributed by atoms with Gasteiger partial charge in [0.15, 0.2) is 0 Å². The summed E-state index contributed by atoms with van der Waals surface area (Å²) in [5.74, 6) is -0.709. The van der Waals surface area contributed by atoms with Crippen LogP contribution in [0.3, 0.4) is 0 Å². The molecule has 0 spiro atoms. The van der Waals surface area contributed by atoms with Crippen molar-refractivity contribution in [1.29, 1.82) is 0 Å². The van der Waals surface area contributed by atoms with Gasteiger partial charge in [-0.05, 0) is 25.1 Å². The second-order valence-electron chi connectivity index (χ2n) is 3.99. The molecule has 0 saturated heterocycles. The molecule has 0 saturated carbocycles. The predicted molar refractivity (Wildman–Crippen MR) is 66.1 cm³/mol. The zero-order chi connectivity index (χ0) is 13.8. The molecule has 102 valence electrons. The molecule has 19 heavy (non-hydrogen) atoms.